The topological polar surface area (TPSA) is 69.6 Å². The van der Waals surface area contributed by atoms with Gasteiger partial charge in [-0.1, -0.05) is 0 Å². The third-order valence-electron chi connectivity index (χ3n) is 2.55. The molecule has 1 heterocycles. The second-order valence-corrected chi connectivity index (χ2v) is 5.05. The van der Waals surface area contributed by atoms with Crippen LogP contribution in [0, 0.1) is 5.82 Å². The lowest BCUT2D eigenvalue weighted by molar-refractivity contribution is -0.139. The zero-order chi connectivity index (χ0) is 12.4. The van der Waals surface area contributed by atoms with Gasteiger partial charge in [0.1, 0.15) is 17.6 Å². The number of hydrogen-bond donors (Lipinski definition) is 3. The van der Waals surface area contributed by atoms with Crippen molar-refractivity contribution in [2.45, 2.75) is 17.8 Å². The zero-order valence-corrected chi connectivity index (χ0v) is 9.71. The molecule has 1 aliphatic rings. The Labute approximate surface area is 102 Å². The molecule has 0 amide bonds. The van der Waals surface area contributed by atoms with Crippen molar-refractivity contribution in [2.24, 2.45) is 0 Å². The lowest BCUT2D eigenvalue weighted by atomic mass is 10.1. The number of carbonyl (C=O) groups is 1. The average Bonchev–Trinajstić information content (AvgIpc) is 2.28. The number of carboxylic acids is 1. The lowest BCUT2D eigenvalue weighted by Crippen LogP contribution is -2.41. The molecule has 1 aliphatic heterocycles. The number of halogens is 1. The average molecular weight is 257 g/mol. The first-order chi connectivity index (χ1) is 8.06. The molecular weight excluding hydrogens is 245 g/mol. The fourth-order valence-corrected chi connectivity index (χ4v) is 2.95. The quantitative estimate of drug-likeness (QED) is 0.752. The molecule has 2 atom stereocenters. The Morgan fingerprint density at radius 1 is 1.47 bits per heavy atom. The number of hydrogen-bond acceptors (Lipinski definition) is 4. The summed E-state index contributed by atoms with van der Waals surface area (Å²) in [5.74, 6) is -0.901. The molecule has 3 N–H and O–H groups in total. The third-order valence-corrected chi connectivity index (χ3v) is 3.76. The van der Waals surface area contributed by atoms with Gasteiger partial charge in [0.2, 0.25) is 0 Å². The molecule has 0 aliphatic carbocycles. The molecule has 92 valence electrons. The standard InChI is InChI=1S/C11H12FNO3S/c12-7-3-6(4-8(14)5-7)10-13-9(11(15)16)1-2-17-10/h3-5,9-10,13-14H,1-2H2,(H,15,16). The second kappa shape index (κ2) is 4.93. The summed E-state index contributed by atoms with van der Waals surface area (Å²) in [4.78, 5) is 10.9. The van der Waals surface area contributed by atoms with E-state index in [2.05, 4.69) is 5.32 Å². The maximum atomic E-state index is 13.1. The maximum absolute atomic E-state index is 13.1. The highest BCUT2D eigenvalue weighted by atomic mass is 32.2. The number of benzene rings is 1. The number of phenolic OH excluding ortho intramolecular Hbond substituents is 1. The SMILES string of the molecule is O=C(O)C1CCSC(c2cc(O)cc(F)c2)N1. The van der Waals surface area contributed by atoms with Crippen LogP contribution >= 0.6 is 11.8 Å². The van der Waals surface area contributed by atoms with E-state index in [0.29, 0.717) is 17.7 Å². The number of aliphatic carboxylic acids is 1. The van der Waals surface area contributed by atoms with Gasteiger partial charge < -0.3 is 10.2 Å². The van der Waals surface area contributed by atoms with Gasteiger partial charge in [-0.3, -0.25) is 10.1 Å². The predicted molar refractivity (Wildman–Crippen MR) is 62.4 cm³/mol. The summed E-state index contributed by atoms with van der Waals surface area (Å²) in [5, 5.41) is 20.8. The first-order valence-electron chi connectivity index (χ1n) is 5.16. The minimum atomic E-state index is -0.907. The molecule has 6 heteroatoms. The van der Waals surface area contributed by atoms with Gasteiger partial charge in [-0.15, -0.1) is 11.8 Å². The predicted octanol–water partition coefficient (Wildman–Crippen LogP) is 1.71. The van der Waals surface area contributed by atoms with Crippen LogP contribution in [0.2, 0.25) is 0 Å². The van der Waals surface area contributed by atoms with E-state index in [1.165, 1.54) is 23.9 Å². The molecule has 4 nitrogen and oxygen atoms in total. The van der Waals surface area contributed by atoms with Crippen molar-refractivity contribution >= 4 is 17.7 Å². The van der Waals surface area contributed by atoms with Gasteiger partial charge in [0, 0.05) is 6.07 Å². The minimum Gasteiger partial charge on any atom is -0.508 e. The number of nitrogens with one attached hydrogen (secondary N) is 1. The highest BCUT2D eigenvalue weighted by Crippen LogP contribution is 2.33. The first-order valence-corrected chi connectivity index (χ1v) is 6.21. The molecule has 1 fully saturated rings. The van der Waals surface area contributed by atoms with Gasteiger partial charge in [0.25, 0.3) is 0 Å². The summed E-state index contributed by atoms with van der Waals surface area (Å²) >= 11 is 1.50. The Morgan fingerprint density at radius 3 is 2.88 bits per heavy atom. The number of thioether (sulfide) groups is 1. The van der Waals surface area contributed by atoms with Crippen molar-refractivity contribution in [1.82, 2.24) is 5.32 Å². The third kappa shape index (κ3) is 2.89. The summed E-state index contributed by atoms with van der Waals surface area (Å²) in [6.07, 6.45) is 0.539. The maximum Gasteiger partial charge on any atom is 0.320 e. The fraction of sp³-hybridized carbons (Fsp3) is 0.364. The Hall–Kier alpha value is -1.27. The highest BCUT2D eigenvalue weighted by molar-refractivity contribution is 7.99. The van der Waals surface area contributed by atoms with Gasteiger partial charge in [0.15, 0.2) is 0 Å². The van der Waals surface area contributed by atoms with Gasteiger partial charge in [-0.25, -0.2) is 4.39 Å². The molecule has 1 saturated heterocycles. The molecule has 2 rings (SSSR count). The van der Waals surface area contributed by atoms with Crippen molar-refractivity contribution in [1.29, 1.82) is 0 Å². The molecule has 2 unspecified atom stereocenters. The molecule has 0 bridgehead atoms. The normalized spacial score (nSPS) is 24.5. The molecule has 0 radical (unpaired) electrons. The van der Waals surface area contributed by atoms with Crippen LogP contribution in [0.25, 0.3) is 0 Å². The van der Waals surface area contributed by atoms with Gasteiger partial charge in [-0.2, -0.15) is 0 Å². The van der Waals surface area contributed by atoms with Crippen molar-refractivity contribution < 1.29 is 19.4 Å². The highest BCUT2D eigenvalue weighted by Gasteiger charge is 2.27. The molecule has 17 heavy (non-hydrogen) atoms. The minimum absolute atomic E-state index is 0.153. The Kier molecular flexibility index (Phi) is 3.54. The summed E-state index contributed by atoms with van der Waals surface area (Å²) in [5.41, 5.74) is 0.554. The van der Waals surface area contributed by atoms with Crippen LogP contribution < -0.4 is 5.32 Å². The van der Waals surface area contributed by atoms with E-state index in [9.17, 15) is 14.3 Å². The molecule has 1 aromatic carbocycles. The van der Waals surface area contributed by atoms with Crippen molar-refractivity contribution in [3.63, 3.8) is 0 Å². The van der Waals surface area contributed by atoms with Crippen LogP contribution in [0.1, 0.15) is 17.4 Å². The van der Waals surface area contributed by atoms with Crippen LogP contribution in [0.3, 0.4) is 0 Å². The van der Waals surface area contributed by atoms with E-state index in [1.807, 2.05) is 0 Å². The lowest BCUT2D eigenvalue weighted by Gasteiger charge is -2.28. The van der Waals surface area contributed by atoms with E-state index in [0.717, 1.165) is 6.07 Å². The number of carboxylic acid groups (broad SMARTS) is 1. The van der Waals surface area contributed by atoms with Crippen LogP contribution in [0.5, 0.6) is 5.75 Å². The van der Waals surface area contributed by atoms with Crippen LogP contribution in [-0.4, -0.2) is 28.0 Å². The Bertz CT molecular complexity index is 420. The van der Waals surface area contributed by atoms with Crippen molar-refractivity contribution in [3.05, 3.63) is 29.6 Å². The van der Waals surface area contributed by atoms with Gasteiger partial charge >= 0.3 is 5.97 Å². The second-order valence-electron chi connectivity index (χ2n) is 3.84. The number of aromatic hydroxyl groups is 1. The molecule has 0 spiro atoms. The van der Waals surface area contributed by atoms with Crippen LogP contribution in [0.15, 0.2) is 18.2 Å². The number of rotatable bonds is 2. The van der Waals surface area contributed by atoms with E-state index >= 15 is 0 Å². The van der Waals surface area contributed by atoms with Crippen molar-refractivity contribution in [2.75, 3.05) is 5.75 Å². The summed E-state index contributed by atoms with van der Waals surface area (Å²) < 4.78 is 13.1. The monoisotopic (exact) mass is 257 g/mol. The Balaban J connectivity index is 2.18. The van der Waals surface area contributed by atoms with Crippen molar-refractivity contribution in [3.8, 4) is 5.75 Å². The smallest absolute Gasteiger partial charge is 0.320 e. The van der Waals surface area contributed by atoms with E-state index in [4.69, 9.17) is 5.11 Å². The summed E-state index contributed by atoms with van der Waals surface area (Å²) in [6, 6.07) is 3.14. The number of phenols is 1. The fourth-order valence-electron chi connectivity index (χ4n) is 1.75. The molecule has 0 saturated carbocycles. The van der Waals surface area contributed by atoms with Crippen LogP contribution in [0.4, 0.5) is 4.39 Å². The van der Waals surface area contributed by atoms with E-state index < -0.39 is 17.8 Å². The van der Waals surface area contributed by atoms with Gasteiger partial charge in [0.05, 0.1) is 5.37 Å². The van der Waals surface area contributed by atoms with E-state index in [1.54, 1.807) is 0 Å². The molecule has 0 aromatic heterocycles. The molecule has 1 aromatic rings. The summed E-state index contributed by atoms with van der Waals surface area (Å²) in [6.45, 7) is 0. The zero-order valence-electron chi connectivity index (χ0n) is 8.89. The summed E-state index contributed by atoms with van der Waals surface area (Å²) in [7, 11) is 0. The first kappa shape index (κ1) is 12.2. The van der Waals surface area contributed by atoms with Crippen LogP contribution in [-0.2, 0) is 4.79 Å². The largest absolute Gasteiger partial charge is 0.508 e. The van der Waals surface area contributed by atoms with E-state index in [-0.39, 0.29) is 11.1 Å². The van der Waals surface area contributed by atoms with Gasteiger partial charge in [-0.05, 0) is 29.9 Å². The Morgan fingerprint density at radius 2 is 2.24 bits per heavy atom. The molecular formula is C11H12FNO3S.